The lowest BCUT2D eigenvalue weighted by atomic mass is 10.3. The molecule has 0 aromatic heterocycles. The Kier molecular flexibility index (Phi) is 8.99. The number of anilines is 1. The average Bonchev–Trinajstić information content (AvgIpc) is 2.14. The maximum Gasteiger partial charge on any atom is 0.300 e. The van der Waals surface area contributed by atoms with Gasteiger partial charge in [-0.15, -0.1) is 0 Å². The van der Waals surface area contributed by atoms with Crippen LogP contribution in [-0.2, 0) is 19.7 Å². The van der Waals surface area contributed by atoms with Crippen molar-refractivity contribution in [3.8, 4) is 0 Å². The quantitative estimate of drug-likeness (QED) is 0.435. The second-order valence-electron chi connectivity index (χ2n) is 3.09. The summed E-state index contributed by atoms with van der Waals surface area (Å²) in [6, 6.07) is 5.45. The third-order valence-corrected chi connectivity index (χ3v) is 2.01. The minimum absolute atomic E-state index is 0.183. The average molecular weight is 293 g/mol. The Morgan fingerprint density at radius 3 is 1.68 bits per heavy atom. The summed E-state index contributed by atoms with van der Waals surface area (Å²) in [5.74, 6) is -1.67. The number of benzene rings is 1. The molecule has 0 amide bonds. The summed E-state index contributed by atoms with van der Waals surface area (Å²) < 4.78 is 29.5. The molecule has 0 heterocycles. The predicted molar refractivity (Wildman–Crippen MR) is 67.3 cm³/mol. The highest BCUT2D eigenvalue weighted by Crippen LogP contribution is 2.11. The Hall–Kier alpha value is -2.13. The van der Waals surface area contributed by atoms with Crippen LogP contribution in [0.3, 0.4) is 0 Å². The molecular weight excluding hydrogens is 278 g/mol. The number of nitrogen functional groups attached to an aromatic ring is 1. The van der Waals surface area contributed by atoms with Gasteiger partial charge in [0.15, 0.2) is 0 Å². The van der Waals surface area contributed by atoms with Gasteiger partial charge in [0.2, 0.25) is 0 Å². The van der Waals surface area contributed by atoms with E-state index in [9.17, 15) is 8.42 Å². The van der Waals surface area contributed by atoms with Crippen molar-refractivity contribution >= 4 is 27.7 Å². The topological polar surface area (TPSA) is 155 Å². The molecule has 9 heteroatoms. The van der Waals surface area contributed by atoms with Crippen LogP contribution in [-0.4, -0.2) is 35.1 Å². The van der Waals surface area contributed by atoms with E-state index in [2.05, 4.69) is 0 Å². The van der Waals surface area contributed by atoms with Gasteiger partial charge in [-0.2, -0.15) is 8.42 Å². The lowest BCUT2D eigenvalue weighted by Gasteiger charge is -1.96. The first kappa shape index (κ1) is 19.2. The predicted octanol–water partition coefficient (Wildman–Crippen LogP) is 0.697. The molecule has 0 aliphatic rings. The maximum absolute atomic E-state index is 10.5. The van der Waals surface area contributed by atoms with E-state index in [1.165, 1.54) is 24.3 Å². The van der Waals surface area contributed by atoms with Gasteiger partial charge in [0.1, 0.15) is 0 Å². The van der Waals surface area contributed by atoms with E-state index in [1.807, 2.05) is 0 Å². The van der Waals surface area contributed by atoms with Crippen molar-refractivity contribution in [3.05, 3.63) is 24.3 Å². The maximum atomic E-state index is 10.5. The van der Waals surface area contributed by atoms with Gasteiger partial charge >= 0.3 is 0 Å². The zero-order valence-corrected chi connectivity index (χ0v) is 11.1. The number of aliphatic carboxylic acids is 2. The number of hydrogen-bond donors (Lipinski definition) is 4. The Morgan fingerprint density at radius 2 is 1.47 bits per heavy atom. The smallest absolute Gasteiger partial charge is 0.300 e. The van der Waals surface area contributed by atoms with Gasteiger partial charge in [-0.1, -0.05) is 6.07 Å². The molecule has 0 saturated carbocycles. The van der Waals surface area contributed by atoms with E-state index >= 15 is 0 Å². The van der Waals surface area contributed by atoms with Crippen LogP contribution in [0.1, 0.15) is 13.8 Å². The molecule has 5 N–H and O–H groups in total. The molecule has 0 spiro atoms. The number of carboxylic acids is 2. The van der Waals surface area contributed by atoms with Crippen molar-refractivity contribution in [2.75, 3.05) is 5.73 Å². The van der Waals surface area contributed by atoms with Crippen molar-refractivity contribution in [3.63, 3.8) is 0 Å². The van der Waals surface area contributed by atoms with Crippen molar-refractivity contribution < 1.29 is 32.8 Å². The number of carboxylic acid groups (broad SMARTS) is 2. The van der Waals surface area contributed by atoms with Crippen LogP contribution in [0.4, 0.5) is 5.69 Å². The fourth-order valence-electron chi connectivity index (χ4n) is 0.675. The third-order valence-electron chi connectivity index (χ3n) is 1.16. The minimum Gasteiger partial charge on any atom is -0.481 e. The van der Waals surface area contributed by atoms with Gasteiger partial charge in [-0.25, -0.2) is 0 Å². The van der Waals surface area contributed by atoms with Crippen LogP contribution >= 0.6 is 0 Å². The molecule has 8 nitrogen and oxygen atoms in total. The van der Waals surface area contributed by atoms with Crippen molar-refractivity contribution in [1.29, 1.82) is 0 Å². The Morgan fingerprint density at radius 1 is 1.11 bits per heavy atom. The first-order chi connectivity index (χ1) is 8.46. The highest BCUT2D eigenvalue weighted by molar-refractivity contribution is 7.85. The van der Waals surface area contributed by atoms with Crippen molar-refractivity contribution in [1.82, 2.24) is 0 Å². The number of carbonyl (C=O) groups is 2. The molecule has 1 aromatic rings. The zero-order valence-electron chi connectivity index (χ0n) is 10.3. The molecule has 0 bridgehead atoms. The van der Waals surface area contributed by atoms with Crippen molar-refractivity contribution in [2.24, 2.45) is 0 Å². The second kappa shape index (κ2) is 8.89. The molecule has 0 fully saturated rings. The summed E-state index contributed by atoms with van der Waals surface area (Å²) in [4.78, 5) is 17.8. The molecule has 19 heavy (non-hydrogen) atoms. The second-order valence-corrected chi connectivity index (χ2v) is 4.51. The molecule has 0 atom stereocenters. The molecule has 0 saturated heterocycles. The number of rotatable bonds is 1. The number of hydrogen-bond acceptors (Lipinski definition) is 5. The fourth-order valence-corrected chi connectivity index (χ4v) is 1.21. The monoisotopic (exact) mass is 293 g/mol. The largest absolute Gasteiger partial charge is 0.481 e. The normalized spacial score (nSPS) is 9.21. The van der Waals surface area contributed by atoms with Crippen molar-refractivity contribution in [2.45, 2.75) is 18.7 Å². The van der Waals surface area contributed by atoms with Gasteiger partial charge in [-0.3, -0.25) is 14.1 Å². The standard InChI is InChI=1S/C6H7NO3S.2C2H4O2/c7-5-2-1-3-6(4-5)11(8,9)10;2*1-2(3)4/h1-4H,7H2,(H,8,9,10);2*1H3,(H,3,4). The third kappa shape index (κ3) is 15.9. The van der Waals surface area contributed by atoms with Crippen LogP contribution in [0, 0.1) is 0 Å². The van der Waals surface area contributed by atoms with Crippen LogP contribution in [0.2, 0.25) is 0 Å². The van der Waals surface area contributed by atoms with Gasteiger partial charge < -0.3 is 15.9 Å². The Labute approximate surface area is 110 Å². The molecular formula is C10H15NO7S. The number of nitrogens with two attached hydrogens (primary N) is 1. The van der Waals surface area contributed by atoms with Crippen LogP contribution in [0.5, 0.6) is 0 Å². The van der Waals surface area contributed by atoms with E-state index in [4.69, 9.17) is 30.1 Å². The highest BCUT2D eigenvalue weighted by atomic mass is 32.2. The van der Waals surface area contributed by atoms with Crippen LogP contribution in [0.25, 0.3) is 0 Å². The molecule has 0 aliphatic carbocycles. The SMILES string of the molecule is CC(=O)O.CC(=O)O.Nc1cccc(S(=O)(=O)O)c1. The van der Waals surface area contributed by atoms with E-state index in [-0.39, 0.29) is 4.90 Å². The molecule has 0 aliphatic heterocycles. The van der Waals surface area contributed by atoms with E-state index in [0.717, 1.165) is 13.8 Å². The van der Waals surface area contributed by atoms with Crippen LogP contribution in [0.15, 0.2) is 29.2 Å². The lowest BCUT2D eigenvalue weighted by molar-refractivity contribution is -0.135. The molecule has 1 rings (SSSR count). The summed E-state index contributed by atoms with van der Waals surface area (Å²) in [5, 5.41) is 14.8. The molecule has 0 radical (unpaired) electrons. The molecule has 108 valence electrons. The van der Waals surface area contributed by atoms with E-state index < -0.39 is 22.1 Å². The first-order valence-corrected chi connectivity index (χ1v) is 6.13. The van der Waals surface area contributed by atoms with Gasteiger partial charge in [0.25, 0.3) is 22.1 Å². The van der Waals surface area contributed by atoms with Gasteiger partial charge in [0, 0.05) is 19.5 Å². The summed E-state index contributed by atoms with van der Waals surface area (Å²) in [6.07, 6.45) is 0. The lowest BCUT2D eigenvalue weighted by Crippen LogP contribution is -1.98. The Balaban J connectivity index is 0. The molecule has 1 aromatic carbocycles. The summed E-state index contributed by atoms with van der Waals surface area (Å²) >= 11 is 0. The summed E-state index contributed by atoms with van der Waals surface area (Å²) in [6.45, 7) is 2.17. The summed E-state index contributed by atoms with van der Waals surface area (Å²) in [5.41, 5.74) is 5.59. The van der Waals surface area contributed by atoms with Gasteiger partial charge in [-0.05, 0) is 18.2 Å². The zero-order chi connectivity index (χ0) is 15.6. The Bertz CT molecular complexity index is 504. The molecule has 0 unspecified atom stereocenters. The van der Waals surface area contributed by atoms with Gasteiger partial charge in [0.05, 0.1) is 4.90 Å². The minimum atomic E-state index is -4.11. The van der Waals surface area contributed by atoms with E-state index in [1.54, 1.807) is 0 Å². The highest BCUT2D eigenvalue weighted by Gasteiger charge is 2.07. The summed E-state index contributed by atoms with van der Waals surface area (Å²) in [7, 11) is -4.11. The van der Waals surface area contributed by atoms with E-state index in [0.29, 0.717) is 5.69 Å². The fraction of sp³-hybridized carbons (Fsp3) is 0.200. The van der Waals surface area contributed by atoms with Crippen LogP contribution < -0.4 is 5.73 Å². The first-order valence-electron chi connectivity index (χ1n) is 4.69.